The summed E-state index contributed by atoms with van der Waals surface area (Å²) in [5.41, 5.74) is 8.88. The van der Waals surface area contributed by atoms with Crippen molar-refractivity contribution < 1.29 is 13.9 Å². The van der Waals surface area contributed by atoms with E-state index in [1.54, 1.807) is 30.3 Å². The summed E-state index contributed by atoms with van der Waals surface area (Å²) >= 11 is 0. The molecular weight excluding hydrogens is 400 g/mol. The highest BCUT2D eigenvalue weighted by Crippen LogP contribution is 2.34. The van der Waals surface area contributed by atoms with Crippen LogP contribution in [0.5, 0.6) is 0 Å². The molecule has 0 fully saturated rings. The van der Waals surface area contributed by atoms with Gasteiger partial charge >= 0.3 is 0 Å². The van der Waals surface area contributed by atoms with Crippen LogP contribution in [0.25, 0.3) is 28.0 Å². The predicted molar refractivity (Wildman–Crippen MR) is 115 cm³/mol. The molecule has 0 bridgehead atoms. The molecule has 160 valence electrons. The minimum atomic E-state index is -2.68. The number of aromatic nitrogens is 4. The van der Waals surface area contributed by atoms with E-state index in [-0.39, 0.29) is 18.2 Å². The largest absolute Gasteiger partial charge is 0.390 e. The molecule has 0 unspecified atom stereocenters. The Kier molecular flexibility index (Phi) is 6.01. The van der Waals surface area contributed by atoms with E-state index in [4.69, 9.17) is 5.73 Å². The smallest absolute Gasteiger partial charge is 0.264 e. The average Bonchev–Trinajstić information content (AvgIpc) is 3.22. The lowest BCUT2D eigenvalue weighted by molar-refractivity contribution is 0.153. The van der Waals surface area contributed by atoms with Crippen LogP contribution in [-0.4, -0.2) is 24.9 Å². The van der Waals surface area contributed by atoms with Gasteiger partial charge in [0, 0.05) is 22.6 Å². The monoisotopic (exact) mass is 423 g/mol. The van der Waals surface area contributed by atoms with Crippen molar-refractivity contribution in [3.05, 3.63) is 71.7 Å². The summed E-state index contributed by atoms with van der Waals surface area (Å²) in [5, 5.41) is 14.0. The number of fused-ring (bicyclic) bond motifs is 1. The third-order valence-electron chi connectivity index (χ3n) is 5.17. The quantitative estimate of drug-likeness (QED) is 0.449. The molecule has 3 aromatic heterocycles. The summed E-state index contributed by atoms with van der Waals surface area (Å²) in [6.07, 6.45) is 0.447. The van der Waals surface area contributed by atoms with Gasteiger partial charge in [0.15, 0.2) is 5.82 Å². The number of halogens is 2. The Bertz CT molecular complexity index is 1210. The molecule has 4 rings (SSSR count). The Morgan fingerprint density at radius 3 is 2.65 bits per heavy atom. The van der Waals surface area contributed by atoms with Crippen molar-refractivity contribution in [2.24, 2.45) is 5.73 Å². The van der Waals surface area contributed by atoms with Gasteiger partial charge in [0.2, 0.25) is 0 Å². The molecular formula is C23H23F2N5O. The van der Waals surface area contributed by atoms with Gasteiger partial charge in [-0.3, -0.25) is 4.98 Å². The van der Waals surface area contributed by atoms with E-state index in [2.05, 4.69) is 15.1 Å². The molecule has 31 heavy (non-hydrogen) atoms. The lowest BCUT2D eigenvalue weighted by Crippen LogP contribution is -2.11. The molecule has 3 heterocycles. The molecule has 0 radical (unpaired) electrons. The van der Waals surface area contributed by atoms with E-state index in [1.807, 2.05) is 19.1 Å². The molecule has 0 amide bonds. The van der Waals surface area contributed by atoms with Crippen molar-refractivity contribution in [2.75, 3.05) is 0 Å². The number of benzene rings is 1. The van der Waals surface area contributed by atoms with Crippen LogP contribution in [0, 0.1) is 0 Å². The highest BCUT2D eigenvalue weighted by Gasteiger charge is 2.19. The van der Waals surface area contributed by atoms with Crippen LogP contribution >= 0.6 is 0 Å². The fourth-order valence-electron chi connectivity index (χ4n) is 3.62. The van der Waals surface area contributed by atoms with Crippen molar-refractivity contribution in [2.45, 2.75) is 38.8 Å². The van der Waals surface area contributed by atoms with Crippen molar-refractivity contribution in [1.82, 2.24) is 19.7 Å². The number of aliphatic hydroxyl groups is 1. The van der Waals surface area contributed by atoms with Crippen LogP contribution in [0.1, 0.15) is 49.2 Å². The van der Waals surface area contributed by atoms with Gasteiger partial charge in [-0.1, -0.05) is 25.5 Å². The molecule has 4 aromatic rings. The van der Waals surface area contributed by atoms with Gasteiger partial charge in [-0.05, 0) is 42.8 Å². The van der Waals surface area contributed by atoms with Gasteiger partial charge in [-0.25, -0.2) is 18.4 Å². The number of pyridine rings is 2. The maximum absolute atomic E-state index is 13.9. The summed E-state index contributed by atoms with van der Waals surface area (Å²) in [4.78, 5) is 8.98. The number of aliphatic hydroxyl groups excluding tert-OH is 1. The summed E-state index contributed by atoms with van der Waals surface area (Å²) < 4.78 is 29.3. The van der Waals surface area contributed by atoms with E-state index in [1.165, 1.54) is 16.9 Å². The number of rotatable bonds is 7. The zero-order chi connectivity index (χ0) is 22.0. The molecule has 0 saturated carbocycles. The molecule has 0 saturated heterocycles. The molecule has 3 N–H and O–H groups in total. The number of nitrogens with zero attached hydrogens (tertiary/aromatic N) is 4. The lowest BCUT2D eigenvalue weighted by Gasteiger charge is -2.13. The van der Waals surface area contributed by atoms with E-state index >= 15 is 0 Å². The number of alkyl halides is 2. The summed E-state index contributed by atoms with van der Waals surface area (Å²) in [5.74, 6) is 0.436. The second-order valence-corrected chi connectivity index (χ2v) is 7.34. The van der Waals surface area contributed by atoms with Gasteiger partial charge in [0.1, 0.15) is 0 Å². The molecule has 0 spiro atoms. The first kappa shape index (κ1) is 21.0. The fourth-order valence-corrected chi connectivity index (χ4v) is 3.62. The molecule has 0 aliphatic heterocycles. The van der Waals surface area contributed by atoms with Crippen LogP contribution < -0.4 is 5.73 Å². The Labute approximate surface area is 178 Å². The Morgan fingerprint density at radius 1 is 1.10 bits per heavy atom. The summed E-state index contributed by atoms with van der Waals surface area (Å²) in [6.45, 7) is 1.82. The normalized spacial score (nSPS) is 12.6. The molecule has 0 aliphatic rings. The minimum absolute atomic E-state index is 0.123. The first-order valence-corrected chi connectivity index (χ1v) is 10.1. The van der Waals surface area contributed by atoms with E-state index in [0.29, 0.717) is 33.7 Å². The zero-order valence-electron chi connectivity index (χ0n) is 17.0. The Balaban J connectivity index is 1.88. The van der Waals surface area contributed by atoms with E-state index in [0.717, 1.165) is 18.5 Å². The van der Waals surface area contributed by atoms with Crippen molar-refractivity contribution >= 4 is 10.9 Å². The van der Waals surface area contributed by atoms with Gasteiger partial charge in [0.25, 0.3) is 6.43 Å². The Hall–Kier alpha value is -3.23. The fraction of sp³-hybridized carbons (Fsp3) is 0.261. The standard InChI is InChI=1S/C23H23F2N5O/c1-2-5-18(26)20-8-4-7-19(29-20)14-10-16(23(24)25)17-12-27-30(21(17)11-14)22-9-3-6-15(13-31)28-22/h3-4,6-12,18,23,31H,2,5,13,26H2,1H3/t18-/m0/s1. The predicted octanol–water partition coefficient (Wildman–Crippen LogP) is 4.71. The summed E-state index contributed by atoms with van der Waals surface area (Å²) in [7, 11) is 0. The van der Waals surface area contributed by atoms with Gasteiger partial charge in [-0.15, -0.1) is 0 Å². The first-order valence-electron chi connectivity index (χ1n) is 10.1. The molecule has 1 atom stereocenters. The molecule has 8 heteroatoms. The zero-order valence-corrected chi connectivity index (χ0v) is 17.0. The van der Waals surface area contributed by atoms with Crippen LogP contribution in [-0.2, 0) is 6.61 Å². The van der Waals surface area contributed by atoms with Gasteiger partial charge in [-0.2, -0.15) is 5.10 Å². The third kappa shape index (κ3) is 4.17. The number of nitrogens with two attached hydrogens (primary N) is 1. The number of hydrogen-bond acceptors (Lipinski definition) is 5. The summed E-state index contributed by atoms with van der Waals surface area (Å²) in [6, 6.07) is 13.6. The maximum Gasteiger partial charge on any atom is 0.264 e. The van der Waals surface area contributed by atoms with Gasteiger partial charge < -0.3 is 10.8 Å². The maximum atomic E-state index is 13.9. The van der Waals surface area contributed by atoms with Crippen molar-refractivity contribution in [3.8, 4) is 17.1 Å². The topological polar surface area (TPSA) is 89.8 Å². The lowest BCUT2D eigenvalue weighted by atomic mass is 10.0. The highest BCUT2D eigenvalue weighted by molar-refractivity contribution is 5.88. The second kappa shape index (κ2) is 8.87. The SMILES string of the molecule is CCC[C@H](N)c1cccc(-c2cc(C(F)F)c3cnn(-c4cccc(CO)n4)c3c2)n1. The van der Waals surface area contributed by atoms with E-state index in [9.17, 15) is 13.9 Å². The van der Waals surface area contributed by atoms with Gasteiger partial charge in [0.05, 0.1) is 35.4 Å². The number of hydrogen-bond donors (Lipinski definition) is 2. The average molecular weight is 423 g/mol. The third-order valence-corrected chi connectivity index (χ3v) is 5.17. The molecule has 0 aliphatic carbocycles. The highest BCUT2D eigenvalue weighted by atomic mass is 19.3. The van der Waals surface area contributed by atoms with E-state index < -0.39 is 6.43 Å². The van der Waals surface area contributed by atoms with Crippen molar-refractivity contribution in [3.63, 3.8) is 0 Å². The second-order valence-electron chi connectivity index (χ2n) is 7.34. The van der Waals surface area contributed by atoms with Crippen LogP contribution in [0.2, 0.25) is 0 Å². The van der Waals surface area contributed by atoms with Crippen molar-refractivity contribution in [1.29, 1.82) is 0 Å². The minimum Gasteiger partial charge on any atom is -0.390 e. The van der Waals surface area contributed by atoms with Crippen LogP contribution in [0.15, 0.2) is 54.7 Å². The Morgan fingerprint density at radius 2 is 1.90 bits per heavy atom. The van der Waals surface area contributed by atoms with Crippen LogP contribution in [0.4, 0.5) is 8.78 Å². The molecule has 6 nitrogen and oxygen atoms in total. The van der Waals surface area contributed by atoms with Crippen LogP contribution in [0.3, 0.4) is 0 Å². The molecule has 1 aromatic carbocycles. The first-order chi connectivity index (χ1) is 15.0.